The van der Waals surface area contributed by atoms with E-state index < -0.39 is 0 Å². The first-order chi connectivity index (χ1) is 12.9. The molecule has 136 valence electrons. The highest BCUT2D eigenvalue weighted by Crippen LogP contribution is 2.27. The predicted octanol–water partition coefficient (Wildman–Crippen LogP) is 5.07. The van der Waals surface area contributed by atoms with Gasteiger partial charge in [0.25, 0.3) is 0 Å². The van der Waals surface area contributed by atoms with Gasteiger partial charge < -0.3 is 5.32 Å². The van der Waals surface area contributed by atoms with Crippen molar-refractivity contribution in [2.45, 2.75) is 32.7 Å². The number of benzene rings is 2. The topological polar surface area (TPSA) is 65.8 Å². The first kappa shape index (κ1) is 18.9. The lowest BCUT2D eigenvalue weighted by molar-refractivity contribution is -0.113. The van der Waals surface area contributed by atoms with Gasteiger partial charge in [0.1, 0.15) is 11.1 Å². The Morgan fingerprint density at radius 1 is 1.11 bits per heavy atom. The minimum absolute atomic E-state index is 0.112. The molecular formula is C22H21N3OS. The molecule has 4 nitrogen and oxygen atoms in total. The molecule has 0 unspecified atom stereocenters. The molecule has 1 N–H and O–H groups in total. The van der Waals surface area contributed by atoms with Crippen LogP contribution in [0, 0.1) is 39.0 Å². The number of aromatic nitrogens is 1. The number of carbonyl (C=O) groups excluding carboxylic acids is 1. The summed E-state index contributed by atoms with van der Waals surface area (Å²) in [5, 5.41) is 13.9. The van der Waals surface area contributed by atoms with Crippen LogP contribution < -0.4 is 5.32 Å². The summed E-state index contributed by atoms with van der Waals surface area (Å²) in [6.45, 7) is 8.06. The fourth-order valence-electron chi connectivity index (χ4n) is 2.93. The van der Waals surface area contributed by atoms with E-state index in [1.807, 2.05) is 64.1 Å². The number of nitrogens with zero attached hydrogens (tertiary/aromatic N) is 2. The molecule has 5 heteroatoms. The number of aryl methyl sites for hydroxylation is 4. The molecule has 3 aromatic rings. The van der Waals surface area contributed by atoms with Crippen LogP contribution in [0.4, 0.5) is 5.69 Å². The molecule has 0 saturated carbocycles. The standard InChI is InChI=1S/C22H21N3OS/c1-13-5-8-19(15(3)9-13)24-20(26)12-27-22-18(11-23)10-17-7-6-14(2)16(4)21(17)25-22/h5-10H,12H2,1-4H3,(H,24,26). The number of fused-ring (bicyclic) bond motifs is 1. The van der Waals surface area contributed by atoms with Gasteiger partial charge in [-0.05, 0) is 56.5 Å². The number of nitriles is 1. The van der Waals surface area contributed by atoms with Gasteiger partial charge in [0.15, 0.2) is 0 Å². The predicted molar refractivity (Wildman–Crippen MR) is 111 cm³/mol. The summed E-state index contributed by atoms with van der Waals surface area (Å²) in [6, 6.07) is 14.0. The minimum atomic E-state index is -0.112. The zero-order valence-electron chi connectivity index (χ0n) is 15.9. The molecule has 2 aromatic carbocycles. The van der Waals surface area contributed by atoms with E-state index in [0.717, 1.165) is 38.8 Å². The van der Waals surface area contributed by atoms with Crippen LogP contribution in [0.3, 0.4) is 0 Å². The lowest BCUT2D eigenvalue weighted by atomic mass is 10.0. The second-order valence-electron chi connectivity index (χ2n) is 6.69. The first-order valence-electron chi connectivity index (χ1n) is 8.70. The van der Waals surface area contributed by atoms with Crippen LogP contribution in [0.1, 0.15) is 27.8 Å². The second-order valence-corrected chi connectivity index (χ2v) is 7.65. The van der Waals surface area contributed by atoms with Crippen LogP contribution >= 0.6 is 11.8 Å². The smallest absolute Gasteiger partial charge is 0.234 e. The van der Waals surface area contributed by atoms with Gasteiger partial charge in [-0.25, -0.2) is 4.98 Å². The molecule has 1 heterocycles. The Morgan fingerprint density at radius 3 is 2.59 bits per heavy atom. The second kappa shape index (κ2) is 7.81. The molecule has 27 heavy (non-hydrogen) atoms. The first-order valence-corrected chi connectivity index (χ1v) is 9.68. The third kappa shape index (κ3) is 4.12. The lowest BCUT2D eigenvalue weighted by Crippen LogP contribution is -2.15. The van der Waals surface area contributed by atoms with E-state index in [1.165, 1.54) is 11.8 Å². The quantitative estimate of drug-likeness (QED) is 0.647. The SMILES string of the molecule is Cc1ccc(NC(=O)CSc2nc3c(C)c(C)ccc3cc2C#N)c(C)c1. The molecule has 0 bridgehead atoms. The highest BCUT2D eigenvalue weighted by atomic mass is 32.2. The van der Waals surface area contributed by atoms with E-state index in [0.29, 0.717) is 10.6 Å². The van der Waals surface area contributed by atoms with E-state index in [4.69, 9.17) is 0 Å². The highest BCUT2D eigenvalue weighted by molar-refractivity contribution is 8.00. The van der Waals surface area contributed by atoms with Crippen LogP contribution in [0.25, 0.3) is 10.9 Å². The van der Waals surface area contributed by atoms with Crippen molar-refractivity contribution in [2.24, 2.45) is 0 Å². The number of nitrogens with one attached hydrogen (secondary N) is 1. The zero-order valence-corrected chi connectivity index (χ0v) is 16.7. The van der Waals surface area contributed by atoms with E-state index >= 15 is 0 Å². The molecule has 0 fully saturated rings. The Balaban J connectivity index is 1.80. The maximum Gasteiger partial charge on any atom is 0.234 e. The van der Waals surface area contributed by atoms with Crippen molar-refractivity contribution >= 4 is 34.3 Å². The maximum atomic E-state index is 12.4. The van der Waals surface area contributed by atoms with Crippen molar-refractivity contribution in [2.75, 3.05) is 11.1 Å². The number of rotatable bonds is 4. The number of amides is 1. The Hall–Kier alpha value is -2.84. The summed E-state index contributed by atoms with van der Waals surface area (Å²) < 4.78 is 0. The van der Waals surface area contributed by atoms with Crippen LogP contribution in [0.15, 0.2) is 41.4 Å². The zero-order chi connectivity index (χ0) is 19.6. The number of carbonyl (C=O) groups is 1. The molecule has 0 atom stereocenters. The summed E-state index contributed by atoms with van der Waals surface area (Å²) >= 11 is 1.29. The summed E-state index contributed by atoms with van der Waals surface area (Å²) in [7, 11) is 0. The Morgan fingerprint density at radius 2 is 1.89 bits per heavy atom. The lowest BCUT2D eigenvalue weighted by Gasteiger charge is -2.11. The van der Waals surface area contributed by atoms with Gasteiger partial charge in [0.05, 0.1) is 16.8 Å². The minimum Gasteiger partial charge on any atom is -0.325 e. The van der Waals surface area contributed by atoms with Crippen molar-refractivity contribution < 1.29 is 4.79 Å². The van der Waals surface area contributed by atoms with Crippen LogP contribution in [0.2, 0.25) is 0 Å². The van der Waals surface area contributed by atoms with E-state index in [9.17, 15) is 10.1 Å². The van der Waals surface area contributed by atoms with Gasteiger partial charge >= 0.3 is 0 Å². The third-order valence-corrected chi connectivity index (χ3v) is 5.58. The normalized spacial score (nSPS) is 10.6. The molecule has 0 aliphatic rings. The van der Waals surface area contributed by atoms with Gasteiger partial charge in [-0.3, -0.25) is 4.79 Å². The molecule has 3 rings (SSSR count). The highest BCUT2D eigenvalue weighted by Gasteiger charge is 2.13. The number of hydrogen-bond donors (Lipinski definition) is 1. The van der Waals surface area contributed by atoms with E-state index in [-0.39, 0.29) is 11.7 Å². The van der Waals surface area contributed by atoms with Crippen molar-refractivity contribution in [3.8, 4) is 6.07 Å². The molecule has 0 radical (unpaired) electrons. The largest absolute Gasteiger partial charge is 0.325 e. The molecule has 0 spiro atoms. The average molecular weight is 375 g/mol. The van der Waals surface area contributed by atoms with Crippen LogP contribution in [-0.4, -0.2) is 16.6 Å². The average Bonchev–Trinajstić information content (AvgIpc) is 2.65. The van der Waals surface area contributed by atoms with Gasteiger partial charge in [0.2, 0.25) is 5.91 Å². The van der Waals surface area contributed by atoms with Gasteiger partial charge in [0, 0.05) is 11.1 Å². The Kier molecular flexibility index (Phi) is 5.48. The number of hydrogen-bond acceptors (Lipinski definition) is 4. The molecule has 1 aromatic heterocycles. The molecule has 1 amide bonds. The molecule has 0 aliphatic heterocycles. The number of anilines is 1. The number of pyridine rings is 1. The van der Waals surface area contributed by atoms with Crippen LogP contribution in [0.5, 0.6) is 0 Å². The summed E-state index contributed by atoms with van der Waals surface area (Å²) in [6.07, 6.45) is 0. The van der Waals surface area contributed by atoms with Crippen LogP contribution in [-0.2, 0) is 4.79 Å². The summed E-state index contributed by atoms with van der Waals surface area (Å²) in [5.74, 6) is 0.0875. The van der Waals surface area contributed by atoms with Crippen molar-refractivity contribution in [1.29, 1.82) is 5.26 Å². The van der Waals surface area contributed by atoms with Crippen molar-refractivity contribution in [1.82, 2.24) is 4.98 Å². The Bertz CT molecular complexity index is 1080. The summed E-state index contributed by atoms with van der Waals surface area (Å²) in [5.41, 5.74) is 6.62. The fourth-order valence-corrected chi connectivity index (χ4v) is 3.69. The Labute approximate surface area is 163 Å². The van der Waals surface area contributed by atoms with Crippen molar-refractivity contribution in [3.05, 3.63) is 64.2 Å². The van der Waals surface area contributed by atoms with Gasteiger partial charge in [-0.15, -0.1) is 0 Å². The third-order valence-electron chi connectivity index (χ3n) is 4.59. The van der Waals surface area contributed by atoms with E-state index in [2.05, 4.69) is 16.4 Å². The van der Waals surface area contributed by atoms with Gasteiger partial charge in [-0.1, -0.05) is 41.6 Å². The van der Waals surface area contributed by atoms with E-state index in [1.54, 1.807) is 0 Å². The number of thioether (sulfide) groups is 1. The molecule has 0 aliphatic carbocycles. The monoisotopic (exact) mass is 375 g/mol. The van der Waals surface area contributed by atoms with Gasteiger partial charge in [-0.2, -0.15) is 5.26 Å². The van der Waals surface area contributed by atoms with Crippen molar-refractivity contribution in [3.63, 3.8) is 0 Å². The fraction of sp³-hybridized carbons (Fsp3) is 0.227. The molecular weight excluding hydrogens is 354 g/mol. The molecule has 0 saturated heterocycles. The summed E-state index contributed by atoms with van der Waals surface area (Å²) in [4.78, 5) is 17.0. The maximum absolute atomic E-state index is 12.4.